The lowest BCUT2D eigenvalue weighted by atomic mass is 10.2. The summed E-state index contributed by atoms with van der Waals surface area (Å²) in [5, 5.41) is 0. The number of carbonyl (C=O) groups is 1. The molecule has 0 aliphatic heterocycles. The molecule has 0 aromatic carbocycles. The first kappa shape index (κ1) is 10.5. The minimum absolute atomic E-state index is 0.0410. The fourth-order valence-corrected chi connectivity index (χ4v) is 0.535. The molecule has 0 aliphatic rings. The molecule has 4 heteroatoms. The second kappa shape index (κ2) is 6.22. The standard InChI is InChI=1S/C7H12F2O2/c1-2-6(10)3-4-11-5-7(8)9/h7H,2-5H2,1H3. The minimum atomic E-state index is -2.44. The van der Waals surface area contributed by atoms with Crippen LogP contribution in [0.4, 0.5) is 8.78 Å². The van der Waals surface area contributed by atoms with E-state index in [4.69, 9.17) is 0 Å². The van der Waals surface area contributed by atoms with E-state index in [0.717, 1.165) is 0 Å². The summed E-state index contributed by atoms with van der Waals surface area (Å²) in [5.74, 6) is 0.0410. The third kappa shape index (κ3) is 7.39. The third-order valence-corrected chi connectivity index (χ3v) is 1.16. The molecule has 0 heterocycles. The van der Waals surface area contributed by atoms with Crippen LogP contribution in [0.2, 0.25) is 0 Å². The summed E-state index contributed by atoms with van der Waals surface area (Å²) in [6, 6.07) is 0. The normalized spacial score (nSPS) is 10.5. The van der Waals surface area contributed by atoms with Crippen molar-refractivity contribution in [3.8, 4) is 0 Å². The number of ether oxygens (including phenoxy) is 1. The zero-order valence-corrected chi connectivity index (χ0v) is 6.48. The second-order valence-corrected chi connectivity index (χ2v) is 2.11. The lowest BCUT2D eigenvalue weighted by Gasteiger charge is -2.00. The summed E-state index contributed by atoms with van der Waals surface area (Å²) in [4.78, 5) is 10.6. The van der Waals surface area contributed by atoms with Gasteiger partial charge in [-0.3, -0.25) is 4.79 Å². The fraction of sp³-hybridized carbons (Fsp3) is 0.857. The molecule has 0 radical (unpaired) electrons. The van der Waals surface area contributed by atoms with Crippen LogP contribution in [0.15, 0.2) is 0 Å². The van der Waals surface area contributed by atoms with Crippen molar-refractivity contribution in [2.75, 3.05) is 13.2 Å². The van der Waals surface area contributed by atoms with Crippen LogP contribution in [0.25, 0.3) is 0 Å². The van der Waals surface area contributed by atoms with Gasteiger partial charge in [-0.2, -0.15) is 0 Å². The number of carbonyl (C=O) groups excluding carboxylic acids is 1. The van der Waals surface area contributed by atoms with E-state index in [9.17, 15) is 13.6 Å². The molecule has 0 rings (SSSR count). The molecule has 11 heavy (non-hydrogen) atoms. The maximum Gasteiger partial charge on any atom is 0.261 e. The van der Waals surface area contributed by atoms with Gasteiger partial charge in [0.2, 0.25) is 0 Å². The van der Waals surface area contributed by atoms with Crippen molar-refractivity contribution in [3.05, 3.63) is 0 Å². The quantitative estimate of drug-likeness (QED) is 0.560. The van der Waals surface area contributed by atoms with E-state index in [-0.39, 0.29) is 18.8 Å². The Balaban J connectivity index is 3.08. The van der Waals surface area contributed by atoms with E-state index in [2.05, 4.69) is 4.74 Å². The van der Waals surface area contributed by atoms with Gasteiger partial charge in [-0.15, -0.1) is 0 Å². The maximum absolute atomic E-state index is 11.4. The molecule has 0 spiro atoms. The van der Waals surface area contributed by atoms with E-state index in [1.54, 1.807) is 6.92 Å². The molecule has 0 fully saturated rings. The highest BCUT2D eigenvalue weighted by molar-refractivity contribution is 5.78. The molecule has 0 atom stereocenters. The molecule has 0 aromatic heterocycles. The average molecular weight is 166 g/mol. The Morgan fingerprint density at radius 1 is 1.55 bits per heavy atom. The van der Waals surface area contributed by atoms with Gasteiger partial charge in [-0.05, 0) is 0 Å². The molecule has 0 aliphatic carbocycles. The summed E-state index contributed by atoms with van der Waals surface area (Å²) in [5.41, 5.74) is 0. The van der Waals surface area contributed by atoms with Gasteiger partial charge in [0.25, 0.3) is 6.43 Å². The SMILES string of the molecule is CCC(=O)CCOCC(F)F. The molecular weight excluding hydrogens is 154 g/mol. The highest BCUT2D eigenvalue weighted by Gasteiger charge is 2.02. The number of halogens is 2. The number of ketones is 1. The first-order valence-electron chi connectivity index (χ1n) is 3.54. The van der Waals surface area contributed by atoms with Crippen molar-refractivity contribution < 1.29 is 18.3 Å². The first-order chi connectivity index (χ1) is 5.16. The lowest BCUT2D eigenvalue weighted by Crippen LogP contribution is -2.08. The molecular formula is C7H12F2O2. The van der Waals surface area contributed by atoms with E-state index in [1.165, 1.54) is 0 Å². The number of Topliss-reactive ketones (excluding diaryl/α,β-unsaturated/α-hetero) is 1. The summed E-state index contributed by atoms with van der Waals surface area (Å²) in [6.07, 6.45) is -1.76. The van der Waals surface area contributed by atoms with Crippen LogP contribution in [0.5, 0.6) is 0 Å². The Morgan fingerprint density at radius 3 is 2.64 bits per heavy atom. The van der Waals surface area contributed by atoms with Crippen molar-refractivity contribution in [2.45, 2.75) is 26.2 Å². The minimum Gasteiger partial charge on any atom is -0.375 e. The predicted molar refractivity (Wildman–Crippen MR) is 36.7 cm³/mol. The van der Waals surface area contributed by atoms with Crippen LogP contribution in [0.3, 0.4) is 0 Å². The van der Waals surface area contributed by atoms with E-state index < -0.39 is 13.0 Å². The largest absolute Gasteiger partial charge is 0.375 e. The predicted octanol–water partition coefficient (Wildman–Crippen LogP) is 1.64. The Hall–Kier alpha value is -0.510. The molecule has 66 valence electrons. The zero-order valence-electron chi connectivity index (χ0n) is 6.48. The van der Waals surface area contributed by atoms with Gasteiger partial charge < -0.3 is 4.74 Å². The smallest absolute Gasteiger partial charge is 0.261 e. The van der Waals surface area contributed by atoms with Crippen LogP contribution in [0.1, 0.15) is 19.8 Å². The summed E-state index contributed by atoms with van der Waals surface area (Å²) < 4.78 is 27.4. The van der Waals surface area contributed by atoms with Gasteiger partial charge in [0.05, 0.1) is 6.61 Å². The third-order valence-electron chi connectivity index (χ3n) is 1.16. The van der Waals surface area contributed by atoms with Crippen molar-refractivity contribution in [1.29, 1.82) is 0 Å². The molecule has 0 saturated heterocycles. The van der Waals surface area contributed by atoms with Crippen LogP contribution in [0, 0.1) is 0 Å². The van der Waals surface area contributed by atoms with E-state index in [0.29, 0.717) is 6.42 Å². The van der Waals surface area contributed by atoms with Gasteiger partial charge >= 0.3 is 0 Å². The van der Waals surface area contributed by atoms with Crippen LogP contribution < -0.4 is 0 Å². The van der Waals surface area contributed by atoms with Crippen molar-refractivity contribution in [1.82, 2.24) is 0 Å². The molecule has 0 saturated carbocycles. The van der Waals surface area contributed by atoms with Gasteiger partial charge in [0.15, 0.2) is 0 Å². The average Bonchev–Trinajstić information content (AvgIpc) is 1.97. The van der Waals surface area contributed by atoms with Gasteiger partial charge in [-0.1, -0.05) is 6.92 Å². The Bertz CT molecular complexity index is 115. The molecule has 0 bridgehead atoms. The van der Waals surface area contributed by atoms with E-state index in [1.807, 2.05) is 0 Å². The van der Waals surface area contributed by atoms with E-state index >= 15 is 0 Å². The number of hydrogen-bond donors (Lipinski definition) is 0. The van der Waals surface area contributed by atoms with Gasteiger partial charge in [0, 0.05) is 12.8 Å². The van der Waals surface area contributed by atoms with Crippen LogP contribution in [-0.2, 0) is 9.53 Å². The van der Waals surface area contributed by atoms with Gasteiger partial charge in [0.1, 0.15) is 12.4 Å². The molecule has 0 amide bonds. The summed E-state index contributed by atoms with van der Waals surface area (Å²) in [6.45, 7) is 1.27. The molecule has 0 N–H and O–H groups in total. The second-order valence-electron chi connectivity index (χ2n) is 2.11. The van der Waals surface area contributed by atoms with Gasteiger partial charge in [-0.25, -0.2) is 8.78 Å². The lowest BCUT2D eigenvalue weighted by molar-refractivity contribution is -0.120. The van der Waals surface area contributed by atoms with Crippen molar-refractivity contribution >= 4 is 5.78 Å². The Kier molecular flexibility index (Phi) is 5.93. The monoisotopic (exact) mass is 166 g/mol. The molecule has 0 unspecified atom stereocenters. The Morgan fingerprint density at radius 2 is 2.18 bits per heavy atom. The highest BCUT2D eigenvalue weighted by Crippen LogP contribution is 1.94. The molecule has 0 aromatic rings. The number of alkyl halides is 2. The summed E-state index contributed by atoms with van der Waals surface area (Å²) in [7, 11) is 0. The van der Waals surface area contributed by atoms with Crippen molar-refractivity contribution in [3.63, 3.8) is 0 Å². The fourth-order valence-electron chi connectivity index (χ4n) is 0.535. The molecule has 2 nitrogen and oxygen atoms in total. The topological polar surface area (TPSA) is 26.3 Å². The zero-order chi connectivity index (χ0) is 8.69. The summed E-state index contributed by atoms with van der Waals surface area (Å²) >= 11 is 0. The number of rotatable bonds is 6. The maximum atomic E-state index is 11.4. The number of hydrogen-bond acceptors (Lipinski definition) is 2. The van der Waals surface area contributed by atoms with Crippen molar-refractivity contribution in [2.24, 2.45) is 0 Å². The first-order valence-corrected chi connectivity index (χ1v) is 3.54. The highest BCUT2D eigenvalue weighted by atomic mass is 19.3. The van der Waals surface area contributed by atoms with Crippen LogP contribution in [-0.4, -0.2) is 25.4 Å². The Labute approximate surface area is 64.5 Å². The van der Waals surface area contributed by atoms with Crippen LogP contribution >= 0.6 is 0 Å².